The summed E-state index contributed by atoms with van der Waals surface area (Å²) in [5.74, 6) is 0. The fourth-order valence-corrected chi connectivity index (χ4v) is 1.33. The van der Waals surface area contributed by atoms with E-state index in [1.54, 1.807) is 24.3 Å². The van der Waals surface area contributed by atoms with Gasteiger partial charge in [0.2, 0.25) is 0 Å². The zero-order valence-corrected chi connectivity index (χ0v) is 10.2. The largest absolute Gasteiger partial charge is 0.394 e. The maximum absolute atomic E-state index is 9.52. The van der Waals surface area contributed by atoms with Crippen LogP contribution in [0, 0.1) is 0 Å². The zero-order valence-electron chi connectivity index (χ0n) is 10.2. The van der Waals surface area contributed by atoms with Crippen molar-refractivity contribution in [2.24, 2.45) is 5.10 Å². The lowest BCUT2D eigenvalue weighted by molar-refractivity contribution is -0.0999. The Hall–Kier alpha value is -1.51. The lowest BCUT2D eigenvalue weighted by Crippen LogP contribution is -2.46. The monoisotopic (exact) mass is 270 g/mol. The molecule has 6 N–H and O–H groups in total. The molecule has 1 rings (SSSR count). The fraction of sp³-hybridized carbons (Fsp3) is 0.417. The fourth-order valence-electron chi connectivity index (χ4n) is 1.33. The lowest BCUT2D eigenvalue weighted by atomic mass is 10.0. The molecule has 0 saturated carbocycles. The van der Waals surface area contributed by atoms with Crippen LogP contribution in [0.5, 0.6) is 0 Å². The molecule has 0 aliphatic heterocycles. The van der Waals surface area contributed by atoms with E-state index in [0.29, 0.717) is 5.69 Å². The minimum Gasteiger partial charge on any atom is -0.394 e. The molecule has 0 spiro atoms. The predicted octanol–water partition coefficient (Wildman–Crippen LogP) is -1.48. The smallest absolute Gasteiger partial charge is 0.119 e. The summed E-state index contributed by atoms with van der Waals surface area (Å²) in [5.41, 5.74) is 3.31. The maximum atomic E-state index is 9.52. The third-order valence-corrected chi connectivity index (χ3v) is 2.48. The SMILES string of the molecule is OC[C@H](O)[C@@H](O)[C@@H](O)[C@H](O)/C=N/Nc1ccccc1. The molecule has 0 unspecified atom stereocenters. The third kappa shape index (κ3) is 4.93. The van der Waals surface area contributed by atoms with Gasteiger partial charge in [-0.05, 0) is 12.1 Å². The van der Waals surface area contributed by atoms with E-state index in [1.165, 1.54) is 0 Å². The van der Waals surface area contributed by atoms with Gasteiger partial charge in [0.25, 0.3) is 0 Å². The maximum Gasteiger partial charge on any atom is 0.119 e. The Morgan fingerprint density at radius 3 is 2.26 bits per heavy atom. The molecule has 7 nitrogen and oxygen atoms in total. The molecule has 1 aromatic carbocycles. The molecule has 0 heterocycles. The summed E-state index contributed by atoms with van der Waals surface area (Å²) < 4.78 is 0. The second-order valence-electron chi connectivity index (χ2n) is 3.98. The van der Waals surface area contributed by atoms with Gasteiger partial charge in [0.1, 0.15) is 24.4 Å². The summed E-state index contributed by atoms with van der Waals surface area (Å²) in [4.78, 5) is 0. The minimum atomic E-state index is -1.66. The van der Waals surface area contributed by atoms with Gasteiger partial charge in [0.15, 0.2) is 0 Å². The molecule has 0 amide bonds. The van der Waals surface area contributed by atoms with Crippen LogP contribution >= 0.6 is 0 Å². The molecular weight excluding hydrogens is 252 g/mol. The van der Waals surface area contributed by atoms with Crippen molar-refractivity contribution in [3.05, 3.63) is 30.3 Å². The average molecular weight is 270 g/mol. The Bertz CT molecular complexity index is 387. The van der Waals surface area contributed by atoms with E-state index in [-0.39, 0.29) is 0 Å². The molecular formula is C12H18N2O5. The third-order valence-electron chi connectivity index (χ3n) is 2.48. The molecule has 0 aromatic heterocycles. The second kappa shape index (κ2) is 7.82. The van der Waals surface area contributed by atoms with Crippen LogP contribution in [0.3, 0.4) is 0 Å². The van der Waals surface area contributed by atoms with Crippen molar-refractivity contribution in [2.45, 2.75) is 24.4 Å². The van der Waals surface area contributed by atoms with E-state index in [0.717, 1.165) is 6.21 Å². The highest BCUT2D eigenvalue weighted by Crippen LogP contribution is 2.06. The van der Waals surface area contributed by atoms with Gasteiger partial charge in [-0.15, -0.1) is 0 Å². The highest BCUT2D eigenvalue weighted by atomic mass is 16.4. The summed E-state index contributed by atoms with van der Waals surface area (Å²) in [6.07, 6.45) is -5.33. The Labute approximate surface area is 110 Å². The summed E-state index contributed by atoms with van der Waals surface area (Å²) in [6.45, 7) is -0.718. The Balaban J connectivity index is 2.47. The summed E-state index contributed by atoms with van der Waals surface area (Å²) >= 11 is 0. The van der Waals surface area contributed by atoms with Gasteiger partial charge < -0.3 is 25.5 Å². The first kappa shape index (κ1) is 15.5. The van der Waals surface area contributed by atoms with Gasteiger partial charge in [0.05, 0.1) is 18.5 Å². The molecule has 0 bridgehead atoms. The van der Waals surface area contributed by atoms with Gasteiger partial charge in [-0.25, -0.2) is 0 Å². The number of aliphatic hydroxyl groups excluding tert-OH is 5. The normalized spacial score (nSPS) is 17.9. The van der Waals surface area contributed by atoms with Crippen LogP contribution in [-0.2, 0) is 0 Å². The van der Waals surface area contributed by atoms with Gasteiger partial charge >= 0.3 is 0 Å². The van der Waals surface area contributed by atoms with Crippen molar-refractivity contribution in [2.75, 3.05) is 12.0 Å². The molecule has 7 heteroatoms. The van der Waals surface area contributed by atoms with Crippen LogP contribution < -0.4 is 5.43 Å². The number of nitrogens with one attached hydrogen (secondary N) is 1. The van der Waals surface area contributed by atoms with E-state index < -0.39 is 31.0 Å². The summed E-state index contributed by atoms with van der Waals surface area (Å²) in [7, 11) is 0. The van der Waals surface area contributed by atoms with E-state index >= 15 is 0 Å². The molecule has 19 heavy (non-hydrogen) atoms. The Morgan fingerprint density at radius 1 is 1.05 bits per heavy atom. The van der Waals surface area contributed by atoms with Crippen LogP contribution in [-0.4, -0.2) is 62.8 Å². The highest BCUT2D eigenvalue weighted by molar-refractivity contribution is 5.65. The van der Waals surface area contributed by atoms with Crippen molar-refractivity contribution in [3.63, 3.8) is 0 Å². The average Bonchev–Trinajstić information content (AvgIpc) is 2.45. The molecule has 0 radical (unpaired) electrons. The number of hydrazone groups is 1. The lowest BCUT2D eigenvalue weighted by Gasteiger charge is -2.23. The number of nitrogens with zero attached hydrogens (tertiary/aromatic N) is 1. The van der Waals surface area contributed by atoms with Crippen molar-refractivity contribution >= 4 is 11.9 Å². The number of rotatable bonds is 7. The molecule has 4 atom stereocenters. The Kier molecular flexibility index (Phi) is 6.40. The second-order valence-corrected chi connectivity index (χ2v) is 3.98. The topological polar surface area (TPSA) is 126 Å². The first-order chi connectivity index (χ1) is 9.06. The van der Waals surface area contributed by atoms with Crippen LogP contribution in [0.25, 0.3) is 0 Å². The summed E-state index contributed by atoms with van der Waals surface area (Å²) in [6, 6.07) is 8.93. The van der Waals surface area contributed by atoms with Crippen LogP contribution in [0.2, 0.25) is 0 Å². The van der Waals surface area contributed by atoms with Gasteiger partial charge in [-0.2, -0.15) is 5.10 Å². The van der Waals surface area contributed by atoms with Gasteiger partial charge in [0, 0.05) is 0 Å². The molecule has 1 aromatic rings. The number of hydrogen-bond acceptors (Lipinski definition) is 7. The van der Waals surface area contributed by atoms with Crippen LogP contribution in [0.15, 0.2) is 35.4 Å². The number of hydrogen-bond donors (Lipinski definition) is 6. The van der Waals surface area contributed by atoms with Gasteiger partial charge in [-0.1, -0.05) is 18.2 Å². The minimum absolute atomic E-state index is 0.691. The quantitative estimate of drug-likeness (QED) is 0.265. The van der Waals surface area contributed by atoms with Crippen molar-refractivity contribution in [1.82, 2.24) is 0 Å². The van der Waals surface area contributed by atoms with Gasteiger partial charge in [-0.3, -0.25) is 5.43 Å². The number of benzene rings is 1. The number of para-hydroxylation sites is 1. The van der Waals surface area contributed by atoms with Crippen molar-refractivity contribution < 1.29 is 25.5 Å². The Morgan fingerprint density at radius 2 is 1.68 bits per heavy atom. The number of aliphatic hydroxyl groups is 5. The molecule has 0 fully saturated rings. The highest BCUT2D eigenvalue weighted by Gasteiger charge is 2.29. The molecule has 0 aliphatic carbocycles. The van der Waals surface area contributed by atoms with E-state index in [1.807, 2.05) is 6.07 Å². The van der Waals surface area contributed by atoms with E-state index in [2.05, 4.69) is 10.5 Å². The first-order valence-electron chi connectivity index (χ1n) is 5.73. The van der Waals surface area contributed by atoms with E-state index in [4.69, 9.17) is 10.2 Å². The van der Waals surface area contributed by atoms with Crippen LogP contribution in [0.1, 0.15) is 0 Å². The predicted molar refractivity (Wildman–Crippen MR) is 69.7 cm³/mol. The molecule has 0 saturated heterocycles. The molecule has 0 aliphatic rings. The zero-order chi connectivity index (χ0) is 14.3. The number of anilines is 1. The standard InChI is InChI=1S/C12H18N2O5/c15-7-10(17)12(19)11(18)9(16)6-13-14-8-4-2-1-3-5-8/h1-6,9-12,14-19H,7H2/b13-6+/t9-,10+,11+,12-/m1/s1. The van der Waals surface area contributed by atoms with E-state index in [9.17, 15) is 15.3 Å². The molecule has 106 valence electrons. The van der Waals surface area contributed by atoms with Crippen molar-refractivity contribution in [1.29, 1.82) is 0 Å². The van der Waals surface area contributed by atoms with Crippen LogP contribution in [0.4, 0.5) is 5.69 Å². The summed E-state index contributed by atoms with van der Waals surface area (Å²) in [5, 5.41) is 49.8. The van der Waals surface area contributed by atoms with Crippen molar-refractivity contribution in [3.8, 4) is 0 Å². The first-order valence-corrected chi connectivity index (χ1v) is 5.73.